The lowest BCUT2D eigenvalue weighted by molar-refractivity contribution is 0.191. The number of hydrogen-bond donors (Lipinski definition) is 2. The number of aryl methyl sites for hydroxylation is 1. The van der Waals surface area contributed by atoms with Crippen molar-refractivity contribution >= 4 is 0 Å². The SMILES string of the molecule is COCCCCCC1CCc2cc([C@H]3CC[C@](N)(CO)C3)ccc2C1. The van der Waals surface area contributed by atoms with Crippen molar-refractivity contribution in [1.29, 1.82) is 0 Å². The van der Waals surface area contributed by atoms with Gasteiger partial charge in [-0.1, -0.05) is 37.5 Å². The summed E-state index contributed by atoms with van der Waals surface area (Å²) in [6, 6.07) is 7.14. The molecule has 1 aromatic carbocycles. The van der Waals surface area contributed by atoms with Gasteiger partial charge in [-0.2, -0.15) is 0 Å². The zero-order chi connectivity index (χ0) is 17.7. The minimum atomic E-state index is -0.353. The summed E-state index contributed by atoms with van der Waals surface area (Å²) in [5.41, 5.74) is 10.5. The first-order chi connectivity index (χ1) is 12.1. The third kappa shape index (κ3) is 4.84. The van der Waals surface area contributed by atoms with Gasteiger partial charge in [0, 0.05) is 19.3 Å². The molecule has 1 fully saturated rings. The Kier molecular flexibility index (Phi) is 6.54. The molecule has 0 bridgehead atoms. The van der Waals surface area contributed by atoms with Crippen LogP contribution < -0.4 is 5.73 Å². The van der Waals surface area contributed by atoms with Gasteiger partial charge in [0.2, 0.25) is 0 Å². The average molecular weight is 346 g/mol. The van der Waals surface area contributed by atoms with E-state index in [1.807, 2.05) is 0 Å². The van der Waals surface area contributed by atoms with Crippen molar-refractivity contribution in [3.63, 3.8) is 0 Å². The Hall–Kier alpha value is -0.900. The monoisotopic (exact) mass is 345 g/mol. The molecule has 3 rings (SSSR count). The summed E-state index contributed by atoms with van der Waals surface area (Å²) in [7, 11) is 1.79. The molecule has 3 atom stereocenters. The second kappa shape index (κ2) is 8.66. The van der Waals surface area contributed by atoms with Gasteiger partial charge in [-0.15, -0.1) is 0 Å². The number of benzene rings is 1. The molecule has 2 aliphatic rings. The van der Waals surface area contributed by atoms with E-state index in [2.05, 4.69) is 18.2 Å². The summed E-state index contributed by atoms with van der Waals surface area (Å²) in [5.74, 6) is 1.39. The van der Waals surface area contributed by atoms with Gasteiger partial charge in [-0.3, -0.25) is 0 Å². The molecule has 0 radical (unpaired) electrons. The van der Waals surface area contributed by atoms with Gasteiger partial charge in [-0.25, -0.2) is 0 Å². The molecule has 3 nitrogen and oxygen atoms in total. The van der Waals surface area contributed by atoms with Crippen LogP contribution >= 0.6 is 0 Å². The highest BCUT2D eigenvalue weighted by molar-refractivity contribution is 5.36. The smallest absolute Gasteiger partial charge is 0.0611 e. The van der Waals surface area contributed by atoms with Crippen LogP contribution in [0.2, 0.25) is 0 Å². The number of aliphatic hydroxyl groups is 1. The molecule has 1 unspecified atom stereocenters. The fraction of sp³-hybridized carbons (Fsp3) is 0.727. The van der Waals surface area contributed by atoms with E-state index < -0.39 is 0 Å². The zero-order valence-electron chi connectivity index (χ0n) is 15.8. The number of unbranched alkanes of at least 4 members (excludes halogenated alkanes) is 2. The number of ether oxygens (including phenoxy) is 1. The number of hydrogen-bond acceptors (Lipinski definition) is 3. The number of rotatable bonds is 8. The van der Waals surface area contributed by atoms with Crippen LogP contribution in [-0.2, 0) is 17.6 Å². The quantitative estimate of drug-likeness (QED) is 0.701. The molecule has 0 aromatic heterocycles. The van der Waals surface area contributed by atoms with E-state index in [0.717, 1.165) is 31.8 Å². The largest absolute Gasteiger partial charge is 0.394 e. The Balaban J connectivity index is 1.53. The van der Waals surface area contributed by atoms with Crippen molar-refractivity contribution < 1.29 is 9.84 Å². The van der Waals surface area contributed by atoms with Crippen LogP contribution in [-0.4, -0.2) is 31.0 Å². The van der Waals surface area contributed by atoms with Crippen LogP contribution in [0.5, 0.6) is 0 Å². The van der Waals surface area contributed by atoms with Gasteiger partial charge in [0.05, 0.1) is 6.61 Å². The number of methoxy groups -OCH3 is 1. The van der Waals surface area contributed by atoms with Crippen LogP contribution in [0.1, 0.15) is 74.0 Å². The van der Waals surface area contributed by atoms with E-state index in [9.17, 15) is 5.11 Å². The van der Waals surface area contributed by atoms with Crippen molar-refractivity contribution in [2.24, 2.45) is 11.7 Å². The predicted octanol–water partition coefficient (Wildman–Crippen LogP) is 3.96. The lowest BCUT2D eigenvalue weighted by Crippen LogP contribution is -2.40. The predicted molar refractivity (Wildman–Crippen MR) is 103 cm³/mol. The van der Waals surface area contributed by atoms with Crippen LogP contribution in [0.15, 0.2) is 18.2 Å². The minimum Gasteiger partial charge on any atom is -0.394 e. The highest BCUT2D eigenvalue weighted by atomic mass is 16.5. The summed E-state index contributed by atoms with van der Waals surface area (Å²) >= 11 is 0. The van der Waals surface area contributed by atoms with Gasteiger partial charge in [0.25, 0.3) is 0 Å². The number of aliphatic hydroxyl groups excluding tert-OH is 1. The van der Waals surface area contributed by atoms with Crippen LogP contribution in [0.25, 0.3) is 0 Å². The normalized spacial score (nSPS) is 28.9. The Morgan fingerprint density at radius 1 is 1.20 bits per heavy atom. The van der Waals surface area contributed by atoms with Crippen molar-refractivity contribution in [3.05, 3.63) is 34.9 Å². The summed E-state index contributed by atoms with van der Waals surface area (Å²) in [6.07, 6.45) is 12.0. The summed E-state index contributed by atoms with van der Waals surface area (Å²) < 4.78 is 5.13. The van der Waals surface area contributed by atoms with Gasteiger partial charge in [-0.05, 0) is 73.5 Å². The molecular weight excluding hydrogens is 310 g/mol. The van der Waals surface area contributed by atoms with Crippen molar-refractivity contribution in [1.82, 2.24) is 0 Å². The molecule has 2 aliphatic carbocycles. The molecule has 1 saturated carbocycles. The van der Waals surface area contributed by atoms with Gasteiger partial charge < -0.3 is 15.6 Å². The Morgan fingerprint density at radius 2 is 2.08 bits per heavy atom. The molecule has 0 aliphatic heterocycles. The molecule has 0 saturated heterocycles. The van der Waals surface area contributed by atoms with Crippen molar-refractivity contribution in [2.45, 2.75) is 75.7 Å². The number of nitrogens with two attached hydrogens (primary N) is 1. The first-order valence-electron chi connectivity index (χ1n) is 10.1. The van der Waals surface area contributed by atoms with Crippen molar-refractivity contribution in [2.75, 3.05) is 20.3 Å². The molecule has 140 valence electrons. The Morgan fingerprint density at radius 3 is 2.84 bits per heavy atom. The second-order valence-electron chi connectivity index (χ2n) is 8.44. The standard InChI is InChI=1S/C22H35NO2/c1-25-12-4-2-3-5-17-6-7-19-14-20(9-8-18(19)13-17)21-10-11-22(23,15-21)16-24/h8-9,14,17,21,24H,2-7,10-13,15-16,23H2,1H3/t17?,21-,22+/m0/s1. The second-order valence-corrected chi connectivity index (χ2v) is 8.44. The fourth-order valence-electron chi connectivity index (χ4n) is 4.79. The Bertz CT molecular complexity index is 559. The molecule has 0 spiro atoms. The van der Waals surface area contributed by atoms with E-state index in [4.69, 9.17) is 10.5 Å². The zero-order valence-corrected chi connectivity index (χ0v) is 15.8. The fourth-order valence-corrected chi connectivity index (χ4v) is 4.79. The molecule has 3 heteroatoms. The van der Waals surface area contributed by atoms with Gasteiger partial charge in [0.15, 0.2) is 0 Å². The third-order valence-electron chi connectivity index (χ3n) is 6.45. The summed E-state index contributed by atoms with van der Waals surface area (Å²) in [4.78, 5) is 0. The van der Waals surface area contributed by atoms with E-state index >= 15 is 0 Å². The van der Waals surface area contributed by atoms with E-state index in [1.165, 1.54) is 50.5 Å². The lowest BCUT2D eigenvalue weighted by Gasteiger charge is -2.26. The molecule has 0 heterocycles. The van der Waals surface area contributed by atoms with Crippen LogP contribution in [0, 0.1) is 5.92 Å². The summed E-state index contributed by atoms with van der Waals surface area (Å²) in [6.45, 7) is 1.01. The maximum atomic E-state index is 9.50. The molecular formula is C22H35NO2. The molecule has 25 heavy (non-hydrogen) atoms. The van der Waals surface area contributed by atoms with Crippen LogP contribution in [0.4, 0.5) is 0 Å². The molecule has 1 aromatic rings. The third-order valence-corrected chi connectivity index (χ3v) is 6.45. The maximum Gasteiger partial charge on any atom is 0.0611 e. The van der Waals surface area contributed by atoms with Gasteiger partial charge >= 0.3 is 0 Å². The highest BCUT2D eigenvalue weighted by Crippen LogP contribution is 2.40. The van der Waals surface area contributed by atoms with E-state index in [1.54, 1.807) is 18.2 Å². The average Bonchev–Trinajstić information content (AvgIpc) is 3.04. The van der Waals surface area contributed by atoms with E-state index in [-0.39, 0.29) is 12.1 Å². The molecule has 0 amide bonds. The first-order valence-corrected chi connectivity index (χ1v) is 10.1. The molecule has 3 N–H and O–H groups in total. The maximum absolute atomic E-state index is 9.50. The Labute approximate surface area is 153 Å². The topological polar surface area (TPSA) is 55.5 Å². The summed E-state index contributed by atoms with van der Waals surface area (Å²) in [5, 5.41) is 9.50. The number of fused-ring (bicyclic) bond motifs is 1. The van der Waals surface area contributed by atoms with Gasteiger partial charge in [0.1, 0.15) is 0 Å². The van der Waals surface area contributed by atoms with Crippen LogP contribution in [0.3, 0.4) is 0 Å². The first kappa shape index (κ1) is 18.9. The lowest BCUT2D eigenvalue weighted by atomic mass is 9.79. The highest BCUT2D eigenvalue weighted by Gasteiger charge is 2.36. The van der Waals surface area contributed by atoms with E-state index in [0.29, 0.717) is 5.92 Å². The van der Waals surface area contributed by atoms with Crippen molar-refractivity contribution in [3.8, 4) is 0 Å². The minimum absolute atomic E-state index is 0.112.